The number of aliphatic carboxylic acids is 1. The molecule has 1 saturated carbocycles. The summed E-state index contributed by atoms with van der Waals surface area (Å²) in [4.78, 5) is 15.8. The highest BCUT2D eigenvalue weighted by molar-refractivity contribution is 5.73. The zero-order chi connectivity index (χ0) is 20.9. The second-order valence-electron chi connectivity index (χ2n) is 7.18. The van der Waals surface area contributed by atoms with Crippen LogP contribution in [0, 0.1) is 0 Å². The van der Waals surface area contributed by atoms with Gasteiger partial charge in [0.1, 0.15) is 0 Å². The lowest BCUT2D eigenvalue weighted by molar-refractivity contribution is -0.192. The molecule has 3 heterocycles. The van der Waals surface area contributed by atoms with Crippen molar-refractivity contribution in [2.45, 2.75) is 63.1 Å². The number of carboxylic acid groups (broad SMARTS) is 1. The van der Waals surface area contributed by atoms with Gasteiger partial charge in [0.25, 0.3) is 0 Å². The van der Waals surface area contributed by atoms with Crippen LogP contribution in [0.25, 0.3) is 0 Å². The number of likely N-dealkylation sites (tertiary alicyclic amines) is 1. The summed E-state index contributed by atoms with van der Waals surface area (Å²) < 4.78 is 37.2. The summed E-state index contributed by atoms with van der Waals surface area (Å²) in [5.74, 6) is 0.507. The van der Waals surface area contributed by atoms with Crippen molar-refractivity contribution in [1.82, 2.24) is 35.7 Å². The van der Waals surface area contributed by atoms with E-state index in [1.807, 2.05) is 0 Å². The maximum absolute atomic E-state index is 10.6. The van der Waals surface area contributed by atoms with Crippen LogP contribution in [-0.2, 0) is 11.3 Å². The van der Waals surface area contributed by atoms with Gasteiger partial charge in [0.05, 0.1) is 6.54 Å². The summed E-state index contributed by atoms with van der Waals surface area (Å²) >= 11 is 0. The van der Waals surface area contributed by atoms with Crippen LogP contribution in [0.1, 0.15) is 67.9 Å². The predicted molar refractivity (Wildman–Crippen MR) is 90.6 cm³/mol. The van der Waals surface area contributed by atoms with E-state index < -0.39 is 12.1 Å². The molecule has 0 aromatic carbocycles. The highest BCUT2D eigenvalue weighted by Crippen LogP contribution is 2.32. The molecule has 29 heavy (non-hydrogen) atoms. The van der Waals surface area contributed by atoms with Crippen LogP contribution in [0.2, 0.25) is 0 Å². The van der Waals surface area contributed by atoms with Gasteiger partial charge in [-0.05, 0) is 25.8 Å². The Morgan fingerprint density at radius 2 is 1.93 bits per heavy atom. The Morgan fingerprint density at radius 1 is 1.21 bits per heavy atom. The Balaban J connectivity index is 0.000000298. The molecule has 2 aromatic heterocycles. The summed E-state index contributed by atoms with van der Waals surface area (Å²) in [6.45, 7) is 2.67. The molecule has 0 radical (unpaired) electrons. The lowest BCUT2D eigenvalue weighted by Gasteiger charge is -2.17. The van der Waals surface area contributed by atoms with E-state index in [4.69, 9.17) is 14.4 Å². The van der Waals surface area contributed by atoms with Gasteiger partial charge < -0.3 is 9.63 Å². The average Bonchev–Trinajstić information content (AvgIpc) is 3.44. The van der Waals surface area contributed by atoms with Crippen molar-refractivity contribution >= 4 is 5.97 Å². The maximum Gasteiger partial charge on any atom is 0.490 e. The summed E-state index contributed by atoms with van der Waals surface area (Å²) in [6.07, 6.45) is 2.23. The topological polar surface area (TPSA) is 134 Å². The number of aromatic nitrogens is 6. The minimum Gasteiger partial charge on any atom is -0.475 e. The highest BCUT2D eigenvalue weighted by atomic mass is 19.4. The maximum atomic E-state index is 10.6. The van der Waals surface area contributed by atoms with Crippen LogP contribution in [-0.4, -0.2) is 66.0 Å². The van der Waals surface area contributed by atoms with Gasteiger partial charge in [-0.3, -0.25) is 4.90 Å². The molecule has 160 valence electrons. The minimum atomic E-state index is -5.08. The third kappa shape index (κ3) is 5.95. The largest absolute Gasteiger partial charge is 0.490 e. The van der Waals surface area contributed by atoms with Crippen molar-refractivity contribution in [3.8, 4) is 0 Å². The zero-order valence-electron chi connectivity index (χ0n) is 15.6. The number of carboxylic acids is 1. The number of tetrazole rings is 1. The molecule has 1 aliphatic carbocycles. The number of hydrogen-bond donors (Lipinski definition) is 2. The quantitative estimate of drug-likeness (QED) is 0.768. The van der Waals surface area contributed by atoms with Gasteiger partial charge in [-0.25, -0.2) is 4.79 Å². The van der Waals surface area contributed by atoms with Crippen LogP contribution >= 0.6 is 0 Å². The van der Waals surface area contributed by atoms with E-state index in [2.05, 4.69) is 35.7 Å². The van der Waals surface area contributed by atoms with E-state index in [0.717, 1.165) is 43.6 Å². The monoisotopic (exact) mass is 417 g/mol. The fourth-order valence-corrected chi connectivity index (χ4v) is 3.58. The molecule has 1 atom stereocenters. The first kappa shape index (κ1) is 21.1. The Bertz CT molecular complexity index is 775. The number of nitrogens with one attached hydrogen (secondary N) is 1. The standard InChI is InChI=1S/C14H21N7O.C2HF3O2/c1-2-4-10(5-3-1)14-15-12(18-22-14)9-21-7-6-11(8-21)13-16-19-20-17-13;3-2(4,5)1(6)7/h10-11H,1-9H2,(H,16,17,19,20);(H,6,7). The second kappa shape index (κ2) is 9.29. The summed E-state index contributed by atoms with van der Waals surface area (Å²) in [5, 5.41) is 25.6. The molecule has 2 fully saturated rings. The van der Waals surface area contributed by atoms with Crippen molar-refractivity contribution in [3.05, 3.63) is 17.5 Å². The van der Waals surface area contributed by atoms with Crippen LogP contribution in [0.3, 0.4) is 0 Å². The Labute approximate surface area is 163 Å². The Morgan fingerprint density at radius 3 is 2.55 bits per heavy atom. The smallest absolute Gasteiger partial charge is 0.475 e. The molecule has 0 amide bonds. The van der Waals surface area contributed by atoms with Crippen molar-refractivity contribution in [3.63, 3.8) is 0 Å². The molecule has 1 saturated heterocycles. The first-order valence-corrected chi connectivity index (χ1v) is 9.41. The molecule has 4 rings (SSSR count). The molecular formula is C16H22F3N7O3. The van der Waals surface area contributed by atoms with E-state index in [0.29, 0.717) is 11.8 Å². The second-order valence-corrected chi connectivity index (χ2v) is 7.18. The third-order valence-electron chi connectivity index (χ3n) is 5.04. The van der Waals surface area contributed by atoms with Gasteiger partial charge >= 0.3 is 12.1 Å². The van der Waals surface area contributed by atoms with Crippen LogP contribution in [0.5, 0.6) is 0 Å². The molecule has 2 aliphatic rings. The number of aromatic amines is 1. The average molecular weight is 417 g/mol. The van der Waals surface area contributed by atoms with Crippen LogP contribution < -0.4 is 0 Å². The van der Waals surface area contributed by atoms with E-state index in [9.17, 15) is 13.2 Å². The summed E-state index contributed by atoms with van der Waals surface area (Å²) in [7, 11) is 0. The molecule has 2 aromatic rings. The number of rotatable bonds is 4. The molecule has 0 bridgehead atoms. The molecule has 1 aliphatic heterocycles. The number of alkyl halides is 3. The Kier molecular flexibility index (Phi) is 6.77. The molecule has 2 N–H and O–H groups in total. The summed E-state index contributed by atoms with van der Waals surface area (Å²) in [5.41, 5.74) is 0. The zero-order valence-corrected chi connectivity index (χ0v) is 15.6. The van der Waals surface area contributed by atoms with Crippen LogP contribution in [0.4, 0.5) is 13.2 Å². The number of hydrogen-bond acceptors (Lipinski definition) is 8. The number of H-pyrrole nitrogens is 1. The van der Waals surface area contributed by atoms with Crippen molar-refractivity contribution in [1.29, 1.82) is 0 Å². The van der Waals surface area contributed by atoms with Crippen molar-refractivity contribution < 1.29 is 27.6 Å². The predicted octanol–water partition coefficient (Wildman–Crippen LogP) is 2.25. The van der Waals surface area contributed by atoms with Crippen LogP contribution in [0.15, 0.2) is 4.52 Å². The molecule has 13 heteroatoms. The lowest BCUT2D eigenvalue weighted by atomic mass is 9.89. The number of carbonyl (C=O) groups is 1. The van der Waals surface area contributed by atoms with E-state index in [1.165, 1.54) is 32.1 Å². The normalized spacial score (nSPS) is 21.0. The third-order valence-corrected chi connectivity index (χ3v) is 5.04. The first-order valence-electron chi connectivity index (χ1n) is 9.41. The van der Waals surface area contributed by atoms with E-state index in [-0.39, 0.29) is 0 Å². The molecule has 10 nitrogen and oxygen atoms in total. The fraction of sp³-hybridized carbons (Fsp3) is 0.750. The molecule has 1 unspecified atom stereocenters. The van der Waals surface area contributed by atoms with Gasteiger partial charge in [0.15, 0.2) is 11.6 Å². The minimum absolute atomic E-state index is 0.350. The van der Waals surface area contributed by atoms with Gasteiger partial charge in [0, 0.05) is 18.4 Å². The molecule has 0 spiro atoms. The number of nitrogens with zero attached hydrogens (tertiary/aromatic N) is 6. The van der Waals surface area contributed by atoms with Crippen molar-refractivity contribution in [2.24, 2.45) is 0 Å². The van der Waals surface area contributed by atoms with Gasteiger partial charge in [-0.2, -0.15) is 23.4 Å². The summed E-state index contributed by atoms with van der Waals surface area (Å²) in [6, 6.07) is 0. The fourth-order valence-electron chi connectivity index (χ4n) is 3.58. The van der Waals surface area contributed by atoms with Gasteiger partial charge in [0.2, 0.25) is 5.89 Å². The molecular weight excluding hydrogens is 395 g/mol. The first-order chi connectivity index (χ1) is 13.8. The Hall–Kier alpha value is -2.57. The van der Waals surface area contributed by atoms with Gasteiger partial charge in [-0.1, -0.05) is 29.6 Å². The number of halogens is 3. The highest BCUT2D eigenvalue weighted by Gasteiger charge is 2.38. The van der Waals surface area contributed by atoms with E-state index >= 15 is 0 Å². The lowest BCUT2D eigenvalue weighted by Crippen LogP contribution is -2.21. The SMILES string of the molecule is C1CCC(c2nc(CN3CCC(c4nn[nH]n4)C3)no2)CC1.O=C(O)C(F)(F)F. The van der Waals surface area contributed by atoms with Gasteiger partial charge in [-0.15, -0.1) is 10.2 Å². The van der Waals surface area contributed by atoms with Crippen molar-refractivity contribution in [2.75, 3.05) is 13.1 Å². The van der Waals surface area contributed by atoms with E-state index in [1.54, 1.807) is 0 Å².